The topological polar surface area (TPSA) is 29.3 Å². The van der Waals surface area contributed by atoms with Crippen LogP contribution in [-0.2, 0) is 0 Å². The molecule has 2 aromatic carbocycles. The van der Waals surface area contributed by atoms with Crippen molar-refractivity contribution in [2.75, 3.05) is 13.6 Å². The van der Waals surface area contributed by atoms with Gasteiger partial charge in [0, 0.05) is 18.6 Å². The van der Waals surface area contributed by atoms with Crippen molar-refractivity contribution >= 4 is 10.8 Å². The molecule has 0 saturated heterocycles. The van der Waals surface area contributed by atoms with Gasteiger partial charge in [0.2, 0.25) is 0 Å². The van der Waals surface area contributed by atoms with Gasteiger partial charge < -0.3 is 10.6 Å². The van der Waals surface area contributed by atoms with Crippen LogP contribution in [0.4, 0.5) is 0 Å². The molecule has 2 aromatic rings. The molecule has 0 fully saturated rings. The highest BCUT2D eigenvalue weighted by atomic mass is 15.1. The third-order valence-electron chi connectivity index (χ3n) is 4.35. The molecular formula is C18H26N2. The second-order valence-corrected chi connectivity index (χ2v) is 6.14. The van der Waals surface area contributed by atoms with E-state index in [9.17, 15) is 0 Å². The average Bonchev–Trinajstić information content (AvgIpc) is 2.45. The summed E-state index contributed by atoms with van der Waals surface area (Å²) in [7, 11) is 2.16. The standard InChI is InChI=1S/C18H26N2/c1-13(2)14(3)20(4)12-18(19)17-10-9-15-7-5-6-8-16(15)11-17/h5-11,13-14,18H,12,19H2,1-4H3. The van der Waals surface area contributed by atoms with E-state index in [0.717, 1.165) is 6.54 Å². The quantitative estimate of drug-likeness (QED) is 0.895. The number of likely N-dealkylation sites (N-methyl/N-ethyl adjacent to an activating group) is 1. The van der Waals surface area contributed by atoms with E-state index in [-0.39, 0.29) is 6.04 Å². The number of fused-ring (bicyclic) bond motifs is 1. The molecule has 108 valence electrons. The van der Waals surface area contributed by atoms with Gasteiger partial charge in [-0.3, -0.25) is 0 Å². The first-order chi connectivity index (χ1) is 9.49. The summed E-state index contributed by atoms with van der Waals surface area (Å²) in [4.78, 5) is 2.35. The van der Waals surface area contributed by atoms with E-state index in [1.165, 1.54) is 16.3 Å². The zero-order valence-corrected chi connectivity index (χ0v) is 13.0. The van der Waals surface area contributed by atoms with Gasteiger partial charge in [0.1, 0.15) is 0 Å². The van der Waals surface area contributed by atoms with Gasteiger partial charge in [0.25, 0.3) is 0 Å². The van der Waals surface area contributed by atoms with Crippen molar-refractivity contribution in [1.29, 1.82) is 0 Å². The molecule has 0 aliphatic rings. The first-order valence-corrected chi connectivity index (χ1v) is 7.43. The molecule has 2 heteroatoms. The van der Waals surface area contributed by atoms with E-state index in [1.54, 1.807) is 0 Å². The molecule has 0 spiro atoms. The van der Waals surface area contributed by atoms with Gasteiger partial charge in [-0.25, -0.2) is 0 Å². The van der Waals surface area contributed by atoms with E-state index < -0.39 is 0 Å². The lowest BCUT2D eigenvalue weighted by Crippen LogP contribution is -2.38. The number of rotatable bonds is 5. The highest BCUT2D eigenvalue weighted by Crippen LogP contribution is 2.20. The third kappa shape index (κ3) is 3.38. The van der Waals surface area contributed by atoms with Crippen molar-refractivity contribution < 1.29 is 0 Å². The lowest BCUT2D eigenvalue weighted by molar-refractivity contribution is 0.197. The van der Waals surface area contributed by atoms with Crippen LogP contribution < -0.4 is 5.73 Å². The van der Waals surface area contributed by atoms with Gasteiger partial charge in [-0.05, 0) is 42.3 Å². The second-order valence-electron chi connectivity index (χ2n) is 6.14. The Morgan fingerprint density at radius 2 is 1.65 bits per heavy atom. The van der Waals surface area contributed by atoms with Gasteiger partial charge in [0.05, 0.1) is 0 Å². The highest BCUT2D eigenvalue weighted by Gasteiger charge is 2.16. The molecule has 0 aliphatic heterocycles. The summed E-state index contributed by atoms with van der Waals surface area (Å²) < 4.78 is 0. The zero-order chi connectivity index (χ0) is 14.7. The van der Waals surface area contributed by atoms with Crippen LogP contribution in [-0.4, -0.2) is 24.5 Å². The number of nitrogens with zero attached hydrogens (tertiary/aromatic N) is 1. The molecule has 0 bridgehead atoms. The molecule has 0 saturated carbocycles. The number of hydrogen-bond donors (Lipinski definition) is 1. The Hall–Kier alpha value is -1.38. The molecule has 0 heterocycles. The molecule has 2 atom stereocenters. The van der Waals surface area contributed by atoms with Crippen molar-refractivity contribution in [3.05, 3.63) is 48.0 Å². The molecule has 2 nitrogen and oxygen atoms in total. The minimum atomic E-state index is 0.0609. The van der Waals surface area contributed by atoms with Gasteiger partial charge in [-0.15, -0.1) is 0 Å². The fraction of sp³-hybridized carbons (Fsp3) is 0.444. The Morgan fingerprint density at radius 1 is 1.00 bits per heavy atom. The maximum atomic E-state index is 6.38. The number of nitrogens with two attached hydrogens (primary N) is 1. The summed E-state index contributed by atoms with van der Waals surface area (Å²) in [5.41, 5.74) is 7.60. The number of benzene rings is 2. The van der Waals surface area contributed by atoms with Crippen LogP contribution in [0.25, 0.3) is 10.8 Å². The highest BCUT2D eigenvalue weighted by molar-refractivity contribution is 5.83. The van der Waals surface area contributed by atoms with Crippen LogP contribution in [0.1, 0.15) is 32.4 Å². The Bertz CT molecular complexity index is 562. The van der Waals surface area contributed by atoms with Crippen molar-refractivity contribution in [3.63, 3.8) is 0 Å². The van der Waals surface area contributed by atoms with E-state index >= 15 is 0 Å². The summed E-state index contributed by atoms with van der Waals surface area (Å²) >= 11 is 0. The average molecular weight is 270 g/mol. The van der Waals surface area contributed by atoms with Crippen LogP contribution in [0, 0.1) is 5.92 Å². The summed E-state index contributed by atoms with van der Waals surface area (Å²) in [5, 5.41) is 2.53. The fourth-order valence-electron chi connectivity index (χ4n) is 2.53. The van der Waals surface area contributed by atoms with E-state index in [2.05, 4.69) is 75.2 Å². The molecule has 2 unspecified atom stereocenters. The smallest absolute Gasteiger partial charge is 0.0424 e. The predicted octanol–water partition coefficient (Wildman–Crippen LogP) is 3.82. The van der Waals surface area contributed by atoms with E-state index in [1.807, 2.05) is 0 Å². The Balaban J connectivity index is 2.13. The van der Waals surface area contributed by atoms with Gasteiger partial charge in [-0.2, -0.15) is 0 Å². The summed E-state index contributed by atoms with van der Waals surface area (Å²) in [6.07, 6.45) is 0. The first-order valence-electron chi connectivity index (χ1n) is 7.43. The molecule has 2 rings (SSSR count). The van der Waals surface area contributed by atoms with E-state index in [4.69, 9.17) is 5.73 Å². The SMILES string of the molecule is CC(C)C(C)N(C)CC(N)c1ccc2ccccc2c1. The predicted molar refractivity (Wildman–Crippen MR) is 87.8 cm³/mol. The summed E-state index contributed by atoms with van der Waals surface area (Å²) in [5.74, 6) is 0.642. The maximum Gasteiger partial charge on any atom is 0.0424 e. The first kappa shape index (κ1) is 15.0. The van der Waals surface area contributed by atoms with Crippen molar-refractivity contribution in [3.8, 4) is 0 Å². The lowest BCUT2D eigenvalue weighted by Gasteiger charge is -2.30. The molecular weight excluding hydrogens is 244 g/mol. The zero-order valence-electron chi connectivity index (χ0n) is 13.0. The Labute approximate surface area is 122 Å². The van der Waals surface area contributed by atoms with Crippen LogP contribution in [0.15, 0.2) is 42.5 Å². The molecule has 0 aromatic heterocycles. The summed E-state index contributed by atoms with van der Waals surface area (Å²) in [6.45, 7) is 7.65. The minimum absolute atomic E-state index is 0.0609. The van der Waals surface area contributed by atoms with Crippen LogP contribution >= 0.6 is 0 Å². The maximum absolute atomic E-state index is 6.38. The fourth-order valence-corrected chi connectivity index (χ4v) is 2.53. The van der Waals surface area contributed by atoms with Crippen molar-refractivity contribution in [2.24, 2.45) is 11.7 Å². The van der Waals surface area contributed by atoms with E-state index in [0.29, 0.717) is 12.0 Å². The molecule has 0 aliphatic carbocycles. The Morgan fingerprint density at radius 3 is 2.30 bits per heavy atom. The second kappa shape index (κ2) is 6.38. The van der Waals surface area contributed by atoms with Crippen LogP contribution in [0.3, 0.4) is 0 Å². The number of hydrogen-bond acceptors (Lipinski definition) is 2. The van der Waals surface area contributed by atoms with Crippen LogP contribution in [0.5, 0.6) is 0 Å². The van der Waals surface area contributed by atoms with Crippen molar-refractivity contribution in [2.45, 2.75) is 32.9 Å². The van der Waals surface area contributed by atoms with Gasteiger partial charge in [-0.1, -0.05) is 50.2 Å². The third-order valence-corrected chi connectivity index (χ3v) is 4.35. The lowest BCUT2D eigenvalue weighted by atomic mass is 10.0. The monoisotopic (exact) mass is 270 g/mol. The van der Waals surface area contributed by atoms with Gasteiger partial charge >= 0.3 is 0 Å². The Kier molecular flexibility index (Phi) is 4.79. The largest absolute Gasteiger partial charge is 0.323 e. The molecule has 2 N–H and O–H groups in total. The molecule has 0 radical (unpaired) electrons. The minimum Gasteiger partial charge on any atom is -0.323 e. The van der Waals surface area contributed by atoms with Crippen LogP contribution in [0.2, 0.25) is 0 Å². The van der Waals surface area contributed by atoms with Gasteiger partial charge in [0.15, 0.2) is 0 Å². The normalized spacial score (nSPS) is 14.9. The molecule has 20 heavy (non-hydrogen) atoms. The van der Waals surface area contributed by atoms with Crippen molar-refractivity contribution in [1.82, 2.24) is 4.90 Å². The summed E-state index contributed by atoms with van der Waals surface area (Å²) in [6, 6.07) is 15.6. The molecule has 0 amide bonds.